The third kappa shape index (κ3) is 4.04. The second-order valence-electron chi connectivity index (χ2n) is 8.23. The van der Waals surface area contributed by atoms with Crippen LogP contribution in [-0.2, 0) is 16.0 Å². The Morgan fingerprint density at radius 3 is 2.47 bits per heavy atom. The van der Waals surface area contributed by atoms with E-state index in [0.29, 0.717) is 39.1 Å². The maximum Gasteiger partial charge on any atom is 0.223 e. The van der Waals surface area contributed by atoms with Gasteiger partial charge in [-0.05, 0) is 42.2 Å². The number of benzene rings is 2. The van der Waals surface area contributed by atoms with Crippen molar-refractivity contribution in [1.29, 1.82) is 0 Å². The molecule has 5 heteroatoms. The Labute approximate surface area is 188 Å². The van der Waals surface area contributed by atoms with Gasteiger partial charge in [-0.15, -0.1) is 0 Å². The number of nitrogens with zero attached hydrogens (tertiary/aromatic N) is 3. The Morgan fingerprint density at radius 1 is 0.938 bits per heavy atom. The van der Waals surface area contributed by atoms with Gasteiger partial charge in [0.25, 0.3) is 0 Å². The Hall–Kier alpha value is -3.44. The Balaban J connectivity index is 1.54. The molecule has 0 N–H and O–H groups in total. The molecule has 3 heterocycles. The van der Waals surface area contributed by atoms with Crippen LogP contribution in [0.25, 0.3) is 28.0 Å². The molecular weight excluding hydrogens is 398 g/mol. The summed E-state index contributed by atoms with van der Waals surface area (Å²) in [5, 5.41) is 0. The average Bonchev–Trinajstić information content (AvgIpc) is 3.21. The van der Waals surface area contributed by atoms with Gasteiger partial charge in [0.05, 0.1) is 24.6 Å². The fraction of sp³-hybridized carbons (Fsp3) is 0.259. The number of hydrogen-bond donors (Lipinski definition) is 0. The number of rotatable bonds is 5. The zero-order chi connectivity index (χ0) is 21.9. The molecule has 1 saturated heterocycles. The highest BCUT2D eigenvalue weighted by molar-refractivity contribution is 5.77. The van der Waals surface area contributed by atoms with Crippen LogP contribution in [0.3, 0.4) is 0 Å². The molecule has 1 amide bonds. The van der Waals surface area contributed by atoms with Gasteiger partial charge in [0.1, 0.15) is 5.65 Å². The van der Waals surface area contributed by atoms with Crippen molar-refractivity contribution in [2.45, 2.75) is 19.8 Å². The monoisotopic (exact) mass is 425 g/mol. The van der Waals surface area contributed by atoms with Crippen LogP contribution in [-0.4, -0.2) is 46.5 Å². The molecule has 0 saturated carbocycles. The van der Waals surface area contributed by atoms with E-state index in [-0.39, 0.29) is 5.91 Å². The van der Waals surface area contributed by atoms with Crippen molar-refractivity contribution in [2.24, 2.45) is 0 Å². The molecule has 0 aliphatic carbocycles. The van der Waals surface area contributed by atoms with E-state index < -0.39 is 0 Å². The van der Waals surface area contributed by atoms with Crippen LogP contribution in [0.1, 0.15) is 17.7 Å². The first-order valence-electron chi connectivity index (χ1n) is 11.2. The molecule has 2 aromatic carbocycles. The van der Waals surface area contributed by atoms with Gasteiger partial charge in [-0.25, -0.2) is 4.98 Å². The molecule has 0 unspecified atom stereocenters. The fourth-order valence-electron chi connectivity index (χ4n) is 4.41. The highest BCUT2D eigenvalue weighted by Gasteiger charge is 2.20. The van der Waals surface area contributed by atoms with E-state index in [4.69, 9.17) is 9.72 Å². The zero-order valence-electron chi connectivity index (χ0n) is 18.3. The standard InChI is InChI=1S/C27H27N3O2/c1-20-7-5-6-10-23(20)22-11-13-25-28-27(21-8-3-2-4-9-21)24(30(25)19-22)12-14-26(31)29-15-17-32-18-16-29/h2-11,13,19H,12,14-18H2,1H3. The molecule has 5 rings (SSSR count). The first-order chi connectivity index (χ1) is 15.7. The van der Waals surface area contributed by atoms with Crippen molar-refractivity contribution in [3.05, 3.63) is 84.2 Å². The third-order valence-electron chi connectivity index (χ3n) is 6.16. The normalized spacial score (nSPS) is 14.1. The van der Waals surface area contributed by atoms with Crippen LogP contribution in [0.4, 0.5) is 0 Å². The summed E-state index contributed by atoms with van der Waals surface area (Å²) in [4.78, 5) is 19.7. The zero-order valence-corrected chi connectivity index (χ0v) is 18.3. The van der Waals surface area contributed by atoms with Gasteiger partial charge < -0.3 is 14.0 Å². The summed E-state index contributed by atoms with van der Waals surface area (Å²) in [5.74, 6) is 0.178. The number of fused-ring (bicyclic) bond motifs is 1. The first kappa shape index (κ1) is 20.5. The van der Waals surface area contributed by atoms with E-state index in [1.165, 1.54) is 11.1 Å². The molecule has 1 aliphatic heterocycles. The number of carbonyl (C=O) groups excluding carboxylic acids is 1. The minimum absolute atomic E-state index is 0.178. The molecule has 0 atom stereocenters. The molecule has 5 nitrogen and oxygen atoms in total. The van der Waals surface area contributed by atoms with Crippen LogP contribution in [0.15, 0.2) is 72.9 Å². The maximum absolute atomic E-state index is 12.9. The molecule has 1 aliphatic rings. The van der Waals surface area contributed by atoms with Crippen LogP contribution in [0.5, 0.6) is 0 Å². The number of morpholine rings is 1. The molecule has 2 aromatic heterocycles. The number of pyridine rings is 1. The average molecular weight is 426 g/mol. The second-order valence-corrected chi connectivity index (χ2v) is 8.23. The van der Waals surface area contributed by atoms with Gasteiger partial charge in [-0.2, -0.15) is 0 Å². The molecular formula is C27H27N3O2. The molecule has 0 spiro atoms. The van der Waals surface area contributed by atoms with E-state index in [1.807, 2.05) is 23.1 Å². The van der Waals surface area contributed by atoms with Crippen LogP contribution < -0.4 is 0 Å². The van der Waals surface area contributed by atoms with Gasteiger partial charge >= 0.3 is 0 Å². The summed E-state index contributed by atoms with van der Waals surface area (Å²) in [6, 6.07) is 22.8. The number of imidazole rings is 1. The van der Waals surface area contributed by atoms with Crippen LogP contribution in [0.2, 0.25) is 0 Å². The van der Waals surface area contributed by atoms with Gasteiger partial charge in [0.15, 0.2) is 0 Å². The van der Waals surface area contributed by atoms with E-state index in [0.717, 1.165) is 28.2 Å². The largest absolute Gasteiger partial charge is 0.378 e. The highest BCUT2D eigenvalue weighted by Crippen LogP contribution is 2.29. The predicted molar refractivity (Wildman–Crippen MR) is 127 cm³/mol. The smallest absolute Gasteiger partial charge is 0.223 e. The van der Waals surface area contributed by atoms with Gasteiger partial charge in [-0.1, -0.05) is 54.6 Å². The minimum atomic E-state index is 0.178. The van der Waals surface area contributed by atoms with Crippen LogP contribution in [0, 0.1) is 6.92 Å². The Kier molecular flexibility index (Phi) is 5.73. The summed E-state index contributed by atoms with van der Waals surface area (Å²) >= 11 is 0. The number of aryl methyl sites for hydroxylation is 2. The Morgan fingerprint density at radius 2 is 1.69 bits per heavy atom. The van der Waals surface area contributed by atoms with E-state index >= 15 is 0 Å². The summed E-state index contributed by atoms with van der Waals surface area (Å²) in [6.45, 7) is 4.72. The second kappa shape index (κ2) is 8.97. The lowest BCUT2D eigenvalue weighted by Crippen LogP contribution is -2.40. The third-order valence-corrected chi connectivity index (χ3v) is 6.16. The topological polar surface area (TPSA) is 46.8 Å². The lowest BCUT2D eigenvalue weighted by Gasteiger charge is -2.26. The lowest BCUT2D eigenvalue weighted by molar-refractivity contribution is -0.135. The SMILES string of the molecule is Cc1ccccc1-c1ccc2nc(-c3ccccc3)c(CCC(=O)N3CCOCC3)n2c1. The fourth-order valence-corrected chi connectivity index (χ4v) is 4.41. The lowest BCUT2D eigenvalue weighted by atomic mass is 10.0. The number of carbonyl (C=O) groups is 1. The van der Waals surface area contributed by atoms with Crippen molar-refractivity contribution in [3.8, 4) is 22.4 Å². The van der Waals surface area contributed by atoms with Crippen molar-refractivity contribution < 1.29 is 9.53 Å². The Bertz CT molecular complexity index is 1240. The predicted octanol–water partition coefficient (Wildman–Crippen LogP) is 4.77. The summed E-state index contributed by atoms with van der Waals surface area (Å²) in [7, 11) is 0. The van der Waals surface area contributed by atoms with E-state index in [2.05, 4.69) is 66.1 Å². The molecule has 0 bridgehead atoms. The van der Waals surface area contributed by atoms with Gasteiger partial charge in [-0.3, -0.25) is 4.79 Å². The molecule has 0 radical (unpaired) electrons. The molecule has 4 aromatic rings. The number of amides is 1. The van der Waals surface area contributed by atoms with Gasteiger partial charge in [0.2, 0.25) is 5.91 Å². The molecule has 1 fully saturated rings. The number of aromatic nitrogens is 2. The maximum atomic E-state index is 12.9. The number of hydrogen-bond acceptors (Lipinski definition) is 3. The van der Waals surface area contributed by atoms with E-state index in [1.54, 1.807) is 0 Å². The van der Waals surface area contributed by atoms with Crippen molar-refractivity contribution >= 4 is 11.6 Å². The number of ether oxygens (including phenoxy) is 1. The van der Waals surface area contributed by atoms with Crippen molar-refractivity contribution in [2.75, 3.05) is 26.3 Å². The van der Waals surface area contributed by atoms with E-state index in [9.17, 15) is 4.79 Å². The summed E-state index contributed by atoms with van der Waals surface area (Å²) in [6.07, 6.45) is 3.26. The quantitative estimate of drug-likeness (QED) is 0.463. The van der Waals surface area contributed by atoms with Crippen LogP contribution >= 0.6 is 0 Å². The highest BCUT2D eigenvalue weighted by atomic mass is 16.5. The van der Waals surface area contributed by atoms with Crippen molar-refractivity contribution in [1.82, 2.24) is 14.3 Å². The minimum Gasteiger partial charge on any atom is -0.378 e. The summed E-state index contributed by atoms with van der Waals surface area (Å²) < 4.78 is 7.56. The van der Waals surface area contributed by atoms with Crippen molar-refractivity contribution in [3.63, 3.8) is 0 Å². The first-order valence-corrected chi connectivity index (χ1v) is 11.2. The summed E-state index contributed by atoms with van der Waals surface area (Å²) in [5.41, 5.74) is 7.58. The molecule has 32 heavy (non-hydrogen) atoms. The van der Waals surface area contributed by atoms with Gasteiger partial charge in [0, 0.05) is 31.3 Å². The molecule has 162 valence electrons.